The number of hydrogen-bond acceptors (Lipinski definition) is 0. The number of rotatable bonds is 5. The summed E-state index contributed by atoms with van der Waals surface area (Å²) in [6, 6.07) is 0. The smallest absolute Gasteiger partial charge is 0.0162 e. The minimum absolute atomic E-state index is 1.09. The Kier molecular flexibility index (Phi) is 9.40. The molecule has 0 radical (unpaired) electrons. The van der Waals surface area contributed by atoms with E-state index in [1.807, 2.05) is 0 Å². The van der Waals surface area contributed by atoms with E-state index in [0.29, 0.717) is 0 Å². The van der Waals surface area contributed by atoms with Gasteiger partial charge < -0.3 is 0 Å². The Morgan fingerprint density at radius 1 is 1.20 bits per heavy atom. The molecular formula is C9H15I. The number of unbranched alkanes of at least 4 members (excludes halogenated alkanes) is 2. The molecule has 0 aromatic rings. The summed E-state index contributed by atoms with van der Waals surface area (Å²) in [5.41, 5.74) is 0. The van der Waals surface area contributed by atoms with Crippen molar-refractivity contribution in [3.8, 4) is 0 Å². The van der Waals surface area contributed by atoms with Crippen LogP contribution in [-0.2, 0) is 0 Å². The van der Waals surface area contributed by atoms with Crippen LogP contribution in [0.15, 0.2) is 22.3 Å². The zero-order valence-corrected chi connectivity index (χ0v) is 8.67. The monoisotopic (exact) mass is 250 g/mol. The summed E-state index contributed by atoms with van der Waals surface area (Å²) >= 11 is 2.24. The molecule has 58 valence electrons. The van der Waals surface area contributed by atoms with Gasteiger partial charge in [0, 0.05) is 0 Å². The molecule has 0 N–H and O–H groups in total. The SMILES string of the molecule is CCCCC=CCC=CI. The fourth-order valence-corrected chi connectivity index (χ4v) is 0.960. The summed E-state index contributed by atoms with van der Waals surface area (Å²) in [6.07, 6.45) is 11.6. The number of halogens is 1. The van der Waals surface area contributed by atoms with E-state index in [1.54, 1.807) is 0 Å². The lowest BCUT2D eigenvalue weighted by molar-refractivity contribution is 0.813. The lowest BCUT2D eigenvalue weighted by atomic mass is 10.2. The molecular weight excluding hydrogens is 235 g/mol. The van der Waals surface area contributed by atoms with Gasteiger partial charge >= 0.3 is 0 Å². The molecule has 0 heterocycles. The fourth-order valence-electron chi connectivity index (χ4n) is 0.666. The summed E-state index contributed by atoms with van der Waals surface area (Å²) in [7, 11) is 0. The molecule has 0 nitrogen and oxygen atoms in total. The summed E-state index contributed by atoms with van der Waals surface area (Å²) in [5.74, 6) is 0. The van der Waals surface area contributed by atoms with E-state index in [2.05, 4.69) is 51.8 Å². The van der Waals surface area contributed by atoms with Gasteiger partial charge in [-0.3, -0.25) is 0 Å². The maximum atomic E-state index is 2.26. The van der Waals surface area contributed by atoms with Crippen molar-refractivity contribution in [2.75, 3.05) is 0 Å². The van der Waals surface area contributed by atoms with E-state index in [-0.39, 0.29) is 0 Å². The molecule has 0 aromatic heterocycles. The van der Waals surface area contributed by atoms with Crippen LogP contribution in [0.2, 0.25) is 0 Å². The molecule has 0 atom stereocenters. The molecule has 0 spiro atoms. The molecule has 1 heteroatoms. The molecule has 10 heavy (non-hydrogen) atoms. The molecule has 0 aliphatic rings. The van der Waals surface area contributed by atoms with E-state index in [4.69, 9.17) is 0 Å². The van der Waals surface area contributed by atoms with Crippen LogP contribution in [-0.4, -0.2) is 0 Å². The molecule has 0 bridgehead atoms. The van der Waals surface area contributed by atoms with Gasteiger partial charge in [0.05, 0.1) is 0 Å². The second kappa shape index (κ2) is 9.21. The van der Waals surface area contributed by atoms with Gasteiger partial charge in [0.25, 0.3) is 0 Å². The second-order valence-corrected chi connectivity index (χ2v) is 2.93. The highest BCUT2D eigenvalue weighted by Crippen LogP contribution is 1.97. The van der Waals surface area contributed by atoms with Crippen molar-refractivity contribution in [1.82, 2.24) is 0 Å². The van der Waals surface area contributed by atoms with Crippen LogP contribution in [0, 0.1) is 0 Å². The fraction of sp³-hybridized carbons (Fsp3) is 0.556. The highest BCUT2D eigenvalue weighted by atomic mass is 127. The maximum absolute atomic E-state index is 2.26. The molecule has 0 aliphatic heterocycles. The highest BCUT2D eigenvalue weighted by Gasteiger charge is 1.75. The van der Waals surface area contributed by atoms with Crippen molar-refractivity contribution in [3.63, 3.8) is 0 Å². The third-order valence-electron chi connectivity index (χ3n) is 1.25. The van der Waals surface area contributed by atoms with Crippen molar-refractivity contribution >= 4 is 22.6 Å². The average Bonchev–Trinajstić information content (AvgIpc) is 1.97. The van der Waals surface area contributed by atoms with Crippen molar-refractivity contribution in [1.29, 1.82) is 0 Å². The van der Waals surface area contributed by atoms with Gasteiger partial charge in [-0.05, 0) is 16.9 Å². The van der Waals surface area contributed by atoms with E-state index in [1.165, 1.54) is 19.3 Å². The standard InChI is InChI=1S/C9H15I/c1-2-3-4-5-6-7-8-9-10/h5-6,8-9H,2-4,7H2,1H3. The Hall–Kier alpha value is 0.210. The van der Waals surface area contributed by atoms with Crippen LogP contribution in [0.5, 0.6) is 0 Å². The first-order valence-corrected chi connectivity index (χ1v) is 5.06. The molecule has 0 fully saturated rings. The zero-order chi connectivity index (χ0) is 7.66. The Bertz CT molecular complexity index is 103. The summed E-state index contributed by atoms with van der Waals surface area (Å²) in [5, 5.41) is 0. The van der Waals surface area contributed by atoms with E-state index < -0.39 is 0 Å². The van der Waals surface area contributed by atoms with Gasteiger partial charge in [0.1, 0.15) is 0 Å². The normalized spacial score (nSPS) is 11.8. The number of hydrogen-bond donors (Lipinski definition) is 0. The summed E-state index contributed by atoms with van der Waals surface area (Å²) in [4.78, 5) is 0. The lowest BCUT2D eigenvalue weighted by Crippen LogP contribution is -1.65. The molecule has 0 amide bonds. The van der Waals surface area contributed by atoms with Crippen LogP contribution in [0.3, 0.4) is 0 Å². The van der Waals surface area contributed by atoms with E-state index >= 15 is 0 Å². The lowest BCUT2D eigenvalue weighted by Gasteiger charge is -1.86. The predicted octanol–water partition coefficient (Wildman–Crippen LogP) is 4.07. The minimum Gasteiger partial charge on any atom is -0.0882 e. The van der Waals surface area contributed by atoms with Crippen molar-refractivity contribution < 1.29 is 0 Å². The van der Waals surface area contributed by atoms with Gasteiger partial charge in [0.15, 0.2) is 0 Å². The van der Waals surface area contributed by atoms with Crippen LogP contribution < -0.4 is 0 Å². The van der Waals surface area contributed by atoms with Gasteiger partial charge in [0.2, 0.25) is 0 Å². The van der Waals surface area contributed by atoms with Crippen molar-refractivity contribution in [2.45, 2.75) is 32.6 Å². The van der Waals surface area contributed by atoms with Gasteiger partial charge in [-0.15, -0.1) is 0 Å². The molecule has 0 saturated heterocycles. The largest absolute Gasteiger partial charge is 0.0882 e. The quantitative estimate of drug-likeness (QED) is 0.392. The minimum atomic E-state index is 1.09. The predicted molar refractivity (Wildman–Crippen MR) is 56.4 cm³/mol. The first kappa shape index (κ1) is 10.2. The van der Waals surface area contributed by atoms with Gasteiger partial charge in [-0.1, -0.05) is 60.6 Å². The Morgan fingerprint density at radius 3 is 2.60 bits per heavy atom. The highest BCUT2D eigenvalue weighted by molar-refractivity contribution is 14.1. The second-order valence-electron chi connectivity index (χ2n) is 2.21. The first-order valence-electron chi connectivity index (χ1n) is 3.82. The van der Waals surface area contributed by atoms with Crippen LogP contribution >= 0.6 is 22.6 Å². The molecule has 0 aromatic carbocycles. The summed E-state index contributed by atoms with van der Waals surface area (Å²) < 4.78 is 2.06. The Morgan fingerprint density at radius 2 is 2.00 bits per heavy atom. The van der Waals surface area contributed by atoms with Crippen LogP contribution in [0.25, 0.3) is 0 Å². The van der Waals surface area contributed by atoms with Gasteiger partial charge in [-0.25, -0.2) is 0 Å². The third-order valence-corrected chi connectivity index (χ3v) is 1.76. The molecule has 0 aliphatic carbocycles. The Labute approximate surface area is 77.5 Å². The molecule has 0 unspecified atom stereocenters. The number of allylic oxidation sites excluding steroid dienone is 3. The van der Waals surface area contributed by atoms with Crippen molar-refractivity contribution in [3.05, 3.63) is 22.3 Å². The molecule has 0 saturated carbocycles. The third kappa shape index (κ3) is 8.21. The average molecular weight is 250 g/mol. The van der Waals surface area contributed by atoms with Gasteiger partial charge in [-0.2, -0.15) is 0 Å². The summed E-state index contributed by atoms with van der Waals surface area (Å²) in [6.45, 7) is 2.22. The molecule has 0 rings (SSSR count). The van der Waals surface area contributed by atoms with E-state index in [0.717, 1.165) is 6.42 Å². The zero-order valence-electron chi connectivity index (χ0n) is 6.52. The Balaban J connectivity index is 3.04. The van der Waals surface area contributed by atoms with E-state index in [9.17, 15) is 0 Å². The maximum Gasteiger partial charge on any atom is -0.0162 e. The first-order chi connectivity index (χ1) is 4.91. The van der Waals surface area contributed by atoms with Crippen molar-refractivity contribution in [2.24, 2.45) is 0 Å². The topological polar surface area (TPSA) is 0 Å². The van der Waals surface area contributed by atoms with Crippen LogP contribution in [0.1, 0.15) is 32.6 Å². The van der Waals surface area contributed by atoms with Crippen LogP contribution in [0.4, 0.5) is 0 Å².